The maximum Gasteiger partial charge on any atom is 0.295 e. The van der Waals surface area contributed by atoms with Gasteiger partial charge in [-0.05, 0) is 57.8 Å². The largest absolute Gasteiger partial charge is 0.507 e. The number of hydrogen-bond acceptors (Lipinski definition) is 6. The van der Waals surface area contributed by atoms with Crippen LogP contribution in [-0.4, -0.2) is 67.0 Å². The Hall–Kier alpha value is -3.03. The summed E-state index contributed by atoms with van der Waals surface area (Å²) in [5.41, 5.74) is 1.03. The summed E-state index contributed by atoms with van der Waals surface area (Å²) in [5, 5.41) is 11.5. The maximum absolute atomic E-state index is 13.1. The first-order valence-electron chi connectivity index (χ1n) is 10.9. The van der Waals surface area contributed by atoms with Gasteiger partial charge in [-0.15, -0.1) is 0 Å². The zero-order chi connectivity index (χ0) is 24.1. The maximum atomic E-state index is 13.1. The molecule has 176 valence electrons. The van der Waals surface area contributed by atoms with E-state index < -0.39 is 17.7 Å². The molecular weight excluding hydrogens is 444 g/mol. The van der Waals surface area contributed by atoms with Gasteiger partial charge < -0.3 is 24.4 Å². The molecule has 2 aromatic rings. The molecule has 1 atom stereocenters. The molecular formula is C25H29ClN2O5. The summed E-state index contributed by atoms with van der Waals surface area (Å²) >= 11 is 6.10. The van der Waals surface area contributed by atoms with E-state index in [9.17, 15) is 14.7 Å². The normalized spacial score (nSPS) is 17.6. The minimum absolute atomic E-state index is 0.0210. The fraction of sp³-hybridized carbons (Fsp3) is 0.360. The van der Waals surface area contributed by atoms with Crippen LogP contribution < -0.4 is 9.47 Å². The molecule has 0 spiro atoms. The number of rotatable bonds is 9. The van der Waals surface area contributed by atoms with Crippen molar-refractivity contribution in [2.24, 2.45) is 0 Å². The lowest BCUT2D eigenvalue weighted by Crippen LogP contribution is -2.35. The Bertz CT molecular complexity index is 1070. The molecule has 0 radical (unpaired) electrons. The smallest absolute Gasteiger partial charge is 0.295 e. The second kappa shape index (κ2) is 10.7. The van der Waals surface area contributed by atoms with Crippen LogP contribution in [0.25, 0.3) is 5.76 Å². The number of amides is 1. The van der Waals surface area contributed by atoms with Crippen molar-refractivity contribution < 1.29 is 24.2 Å². The summed E-state index contributed by atoms with van der Waals surface area (Å²) in [6.45, 7) is 5.50. The summed E-state index contributed by atoms with van der Waals surface area (Å²) < 4.78 is 11.4. The summed E-state index contributed by atoms with van der Waals surface area (Å²) in [6, 6.07) is 11.1. The van der Waals surface area contributed by atoms with Crippen LogP contribution in [0.1, 0.15) is 31.0 Å². The Morgan fingerprint density at radius 3 is 2.39 bits per heavy atom. The van der Waals surface area contributed by atoms with Crippen LogP contribution in [0.5, 0.6) is 11.5 Å². The molecule has 0 bridgehead atoms. The number of halogens is 1. The minimum atomic E-state index is -0.779. The van der Waals surface area contributed by atoms with E-state index in [0.717, 1.165) is 0 Å². The van der Waals surface area contributed by atoms with E-state index in [1.807, 2.05) is 32.8 Å². The third-order valence-corrected chi connectivity index (χ3v) is 5.54. The number of likely N-dealkylation sites (tertiary alicyclic amines) is 1. The number of carbonyl (C=O) groups is 2. The molecule has 1 amide bonds. The van der Waals surface area contributed by atoms with Crippen LogP contribution in [0.3, 0.4) is 0 Å². The van der Waals surface area contributed by atoms with Crippen LogP contribution in [0.4, 0.5) is 0 Å². The third kappa shape index (κ3) is 5.31. The molecule has 1 saturated heterocycles. The van der Waals surface area contributed by atoms with Crippen molar-refractivity contribution in [1.29, 1.82) is 0 Å². The van der Waals surface area contributed by atoms with Crippen molar-refractivity contribution in [2.75, 3.05) is 40.4 Å². The number of hydrogen-bond donors (Lipinski definition) is 1. The van der Waals surface area contributed by atoms with Crippen LogP contribution in [0.2, 0.25) is 5.02 Å². The van der Waals surface area contributed by atoms with Gasteiger partial charge in [0.25, 0.3) is 11.7 Å². The van der Waals surface area contributed by atoms with E-state index in [2.05, 4.69) is 0 Å². The van der Waals surface area contributed by atoms with Gasteiger partial charge in [0.2, 0.25) is 0 Å². The monoisotopic (exact) mass is 472 g/mol. The third-order valence-electron chi connectivity index (χ3n) is 5.31. The molecule has 0 aliphatic carbocycles. The highest BCUT2D eigenvalue weighted by atomic mass is 35.5. The lowest BCUT2D eigenvalue weighted by atomic mass is 9.95. The number of aliphatic hydroxyl groups excluding tert-OH is 1. The molecule has 1 aliphatic rings. The summed E-state index contributed by atoms with van der Waals surface area (Å²) in [6.07, 6.45) is 0. The fourth-order valence-corrected chi connectivity index (χ4v) is 3.98. The number of benzene rings is 2. The molecule has 7 nitrogen and oxygen atoms in total. The lowest BCUT2D eigenvalue weighted by molar-refractivity contribution is -0.140. The van der Waals surface area contributed by atoms with Gasteiger partial charge in [-0.3, -0.25) is 9.59 Å². The second-order valence-corrected chi connectivity index (χ2v) is 8.31. The van der Waals surface area contributed by atoms with E-state index >= 15 is 0 Å². The Morgan fingerprint density at radius 2 is 1.76 bits per heavy atom. The lowest BCUT2D eigenvalue weighted by Gasteiger charge is -2.27. The molecule has 1 fully saturated rings. The summed E-state index contributed by atoms with van der Waals surface area (Å²) in [4.78, 5) is 29.6. The number of likely N-dealkylation sites (N-methyl/N-ethyl adjacent to an activating group) is 1. The number of ether oxygens (including phenoxy) is 2. The Balaban J connectivity index is 2.18. The van der Waals surface area contributed by atoms with E-state index in [0.29, 0.717) is 54.0 Å². The van der Waals surface area contributed by atoms with Gasteiger partial charge in [-0.1, -0.05) is 29.8 Å². The van der Waals surface area contributed by atoms with Crippen LogP contribution >= 0.6 is 11.6 Å². The molecule has 8 heteroatoms. The topological polar surface area (TPSA) is 79.3 Å². The van der Waals surface area contributed by atoms with Crippen molar-refractivity contribution in [3.63, 3.8) is 0 Å². The molecule has 1 N–H and O–H groups in total. The molecule has 33 heavy (non-hydrogen) atoms. The first kappa shape index (κ1) is 24.6. The van der Waals surface area contributed by atoms with Gasteiger partial charge in [0, 0.05) is 23.7 Å². The van der Waals surface area contributed by atoms with E-state index in [1.165, 1.54) is 4.90 Å². The van der Waals surface area contributed by atoms with Crippen LogP contribution in [0.15, 0.2) is 48.0 Å². The molecule has 0 aromatic heterocycles. The minimum Gasteiger partial charge on any atom is -0.507 e. The highest BCUT2D eigenvalue weighted by molar-refractivity contribution is 6.46. The molecule has 0 saturated carbocycles. The van der Waals surface area contributed by atoms with Gasteiger partial charge in [-0.25, -0.2) is 0 Å². The van der Waals surface area contributed by atoms with Crippen molar-refractivity contribution in [2.45, 2.75) is 19.9 Å². The fourth-order valence-electron chi connectivity index (χ4n) is 3.79. The van der Waals surface area contributed by atoms with Gasteiger partial charge in [0.15, 0.2) is 11.5 Å². The van der Waals surface area contributed by atoms with Gasteiger partial charge in [0.05, 0.1) is 24.8 Å². The Labute approximate surface area is 199 Å². The van der Waals surface area contributed by atoms with E-state index in [1.54, 1.807) is 42.5 Å². The zero-order valence-electron chi connectivity index (χ0n) is 19.3. The standard InChI is InChI=1S/C25H29ClN2O5/c1-5-32-19-11-10-16(15-20(19)33-6-2)22-21(23(29)17-8-7-9-18(26)14-17)24(30)25(31)28(22)13-12-27(3)4/h7-11,14-15,22,29H,5-6,12-13H2,1-4H3/b23-21-. The average molecular weight is 473 g/mol. The molecule has 3 rings (SSSR count). The van der Waals surface area contributed by atoms with Crippen LogP contribution in [-0.2, 0) is 9.59 Å². The molecule has 2 aromatic carbocycles. The number of carbonyl (C=O) groups excluding carboxylic acids is 2. The summed E-state index contributed by atoms with van der Waals surface area (Å²) in [7, 11) is 3.78. The van der Waals surface area contributed by atoms with E-state index in [-0.39, 0.29) is 11.3 Å². The SMILES string of the molecule is CCOc1ccc(C2/C(=C(/O)c3cccc(Cl)c3)C(=O)C(=O)N2CCN(C)C)cc1OCC. The number of ketones is 1. The summed E-state index contributed by atoms with van der Waals surface area (Å²) in [5.74, 6) is -0.568. The van der Waals surface area contributed by atoms with Gasteiger partial charge in [-0.2, -0.15) is 0 Å². The predicted molar refractivity (Wildman–Crippen MR) is 128 cm³/mol. The Kier molecular flexibility index (Phi) is 8.00. The first-order chi connectivity index (χ1) is 15.8. The average Bonchev–Trinajstić information content (AvgIpc) is 3.03. The molecule has 1 unspecified atom stereocenters. The van der Waals surface area contributed by atoms with Crippen molar-refractivity contribution in [3.05, 3.63) is 64.2 Å². The van der Waals surface area contributed by atoms with Crippen LogP contribution in [0, 0.1) is 0 Å². The molecule has 1 heterocycles. The quantitative estimate of drug-likeness (QED) is 0.336. The van der Waals surface area contributed by atoms with Crippen molar-refractivity contribution in [1.82, 2.24) is 9.80 Å². The number of aliphatic hydroxyl groups is 1. The van der Waals surface area contributed by atoms with Gasteiger partial charge in [0.1, 0.15) is 5.76 Å². The second-order valence-electron chi connectivity index (χ2n) is 7.88. The number of nitrogens with zero attached hydrogens (tertiary/aromatic N) is 2. The van der Waals surface area contributed by atoms with Gasteiger partial charge >= 0.3 is 0 Å². The van der Waals surface area contributed by atoms with E-state index in [4.69, 9.17) is 21.1 Å². The van der Waals surface area contributed by atoms with Crippen molar-refractivity contribution in [3.8, 4) is 11.5 Å². The highest BCUT2D eigenvalue weighted by Gasteiger charge is 2.46. The van der Waals surface area contributed by atoms with Crippen molar-refractivity contribution >= 4 is 29.1 Å². The predicted octanol–water partition coefficient (Wildman–Crippen LogP) is 4.12. The molecule has 1 aliphatic heterocycles. The Morgan fingerprint density at radius 1 is 1.06 bits per heavy atom. The highest BCUT2D eigenvalue weighted by Crippen LogP contribution is 2.42. The first-order valence-corrected chi connectivity index (χ1v) is 11.2. The number of Topliss-reactive ketones (excluding diaryl/α,β-unsaturated/α-hetero) is 1. The zero-order valence-corrected chi connectivity index (χ0v) is 20.1.